The molecule has 26 heavy (non-hydrogen) atoms. The molecule has 2 aliphatic rings. The first-order valence-corrected chi connectivity index (χ1v) is 9.68. The van der Waals surface area contributed by atoms with Crippen LogP contribution in [0.5, 0.6) is 0 Å². The van der Waals surface area contributed by atoms with Crippen LogP contribution in [-0.4, -0.2) is 60.8 Å². The molecule has 0 radical (unpaired) electrons. The van der Waals surface area contributed by atoms with Crippen molar-refractivity contribution >= 4 is 27.8 Å². The van der Waals surface area contributed by atoms with Gasteiger partial charge in [-0.2, -0.15) is 4.31 Å². The van der Waals surface area contributed by atoms with Crippen molar-refractivity contribution in [2.75, 3.05) is 13.1 Å². The minimum absolute atomic E-state index is 0.111. The Kier molecular flexibility index (Phi) is 5.01. The lowest BCUT2D eigenvalue weighted by Crippen LogP contribution is -2.54. The van der Waals surface area contributed by atoms with Gasteiger partial charge in [-0.3, -0.25) is 9.59 Å². The van der Waals surface area contributed by atoms with Gasteiger partial charge in [-0.15, -0.1) is 0 Å². The number of piperidine rings is 1. The van der Waals surface area contributed by atoms with E-state index in [0.29, 0.717) is 25.8 Å². The van der Waals surface area contributed by atoms with Gasteiger partial charge in [-0.1, -0.05) is 0 Å². The summed E-state index contributed by atoms with van der Waals surface area (Å²) in [6.45, 7) is 0.667. The van der Waals surface area contributed by atoms with Crippen molar-refractivity contribution < 1.29 is 32.3 Å². The van der Waals surface area contributed by atoms with E-state index in [1.54, 1.807) is 0 Å². The topological polar surface area (TPSA) is 146 Å². The lowest BCUT2D eigenvalue weighted by molar-refractivity contribution is -0.131. The molecule has 2 atom stereocenters. The normalized spacial score (nSPS) is 24.2. The standard InChI is InChI=1S/C15H19N3O7S/c19-13-9(3-1-7-16-13)17-14(20)10-4-2-8-18(10)26(23,24)12-6-5-11(25-12)15(21)22/h5-6,9-10H,1-4,7-8H2,(H,16,19)(H,17,20)(H,21,22). The van der Waals surface area contributed by atoms with Crippen LogP contribution in [0, 0.1) is 0 Å². The highest BCUT2D eigenvalue weighted by Crippen LogP contribution is 2.27. The number of carbonyl (C=O) groups is 3. The Morgan fingerprint density at radius 2 is 2.04 bits per heavy atom. The Morgan fingerprint density at radius 3 is 2.69 bits per heavy atom. The number of nitrogens with zero attached hydrogens (tertiary/aromatic N) is 1. The Morgan fingerprint density at radius 1 is 1.27 bits per heavy atom. The second kappa shape index (κ2) is 7.08. The Balaban J connectivity index is 1.76. The Bertz CT molecular complexity index is 832. The van der Waals surface area contributed by atoms with Crippen LogP contribution < -0.4 is 10.6 Å². The zero-order valence-electron chi connectivity index (χ0n) is 13.8. The number of hydrogen-bond acceptors (Lipinski definition) is 6. The predicted octanol–water partition coefficient (Wildman–Crippen LogP) is -0.474. The molecule has 10 nitrogen and oxygen atoms in total. The van der Waals surface area contributed by atoms with Crippen molar-refractivity contribution in [3.8, 4) is 0 Å². The molecule has 11 heteroatoms. The lowest BCUT2D eigenvalue weighted by atomic mass is 10.1. The van der Waals surface area contributed by atoms with Gasteiger partial charge in [-0.05, 0) is 37.8 Å². The van der Waals surface area contributed by atoms with Crippen molar-refractivity contribution in [1.29, 1.82) is 0 Å². The number of carbonyl (C=O) groups excluding carboxylic acids is 2. The molecule has 142 valence electrons. The van der Waals surface area contributed by atoms with E-state index in [0.717, 1.165) is 22.9 Å². The molecule has 1 aromatic heterocycles. The lowest BCUT2D eigenvalue weighted by Gasteiger charge is -2.27. The van der Waals surface area contributed by atoms with E-state index in [2.05, 4.69) is 10.6 Å². The van der Waals surface area contributed by atoms with Crippen molar-refractivity contribution in [3.63, 3.8) is 0 Å². The number of carboxylic acids is 1. The minimum atomic E-state index is -4.16. The van der Waals surface area contributed by atoms with Crippen LogP contribution in [-0.2, 0) is 19.6 Å². The van der Waals surface area contributed by atoms with Crippen LogP contribution in [0.25, 0.3) is 0 Å². The van der Waals surface area contributed by atoms with Crippen LogP contribution in [0.3, 0.4) is 0 Å². The summed E-state index contributed by atoms with van der Waals surface area (Å²) in [6, 6.07) is 0.463. The van der Waals surface area contributed by atoms with Crippen molar-refractivity contribution in [3.05, 3.63) is 17.9 Å². The highest BCUT2D eigenvalue weighted by atomic mass is 32.2. The molecule has 0 aliphatic carbocycles. The van der Waals surface area contributed by atoms with E-state index in [-0.39, 0.29) is 12.5 Å². The molecule has 0 spiro atoms. The molecule has 2 unspecified atom stereocenters. The van der Waals surface area contributed by atoms with E-state index in [1.807, 2.05) is 0 Å². The van der Waals surface area contributed by atoms with Crippen LogP contribution >= 0.6 is 0 Å². The molecule has 1 aromatic rings. The van der Waals surface area contributed by atoms with Gasteiger partial charge in [0.05, 0.1) is 0 Å². The molecule has 2 saturated heterocycles. The fourth-order valence-electron chi connectivity index (χ4n) is 3.16. The molecule has 2 amide bonds. The molecule has 3 heterocycles. The summed E-state index contributed by atoms with van der Waals surface area (Å²) in [4.78, 5) is 35.2. The van der Waals surface area contributed by atoms with Crippen molar-refractivity contribution in [1.82, 2.24) is 14.9 Å². The monoisotopic (exact) mass is 385 g/mol. The number of hydrogen-bond donors (Lipinski definition) is 3. The molecular weight excluding hydrogens is 366 g/mol. The quantitative estimate of drug-likeness (QED) is 0.621. The maximum Gasteiger partial charge on any atom is 0.371 e. The molecule has 2 fully saturated rings. The Labute approximate surface area is 149 Å². The SMILES string of the molecule is O=C(O)c1ccc(S(=O)(=O)N2CCCC2C(=O)NC2CCCNC2=O)o1. The summed E-state index contributed by atoms with van der Waals surface area (Å²) in [6.07, 6.45) is 2.01. The number of nitrogens with one attached hydrogen (secondary N) is 2. The number of rotatable bonds is 5. The third-order valence-corrected chi connectivity index (χ3v) is 6.25. The molecule has 0 aromatic carbocycles. The largest absolute Gasteiger partial charge is 0.475 e. The fraction of sp³-hybridized carbons (Fsp3) is 0.533. The van der Waals surface area contributed by atoms with Gasteiger partial charge in [0.1, 0.15) is 12.1 Å². The predicted molar refractivity (Wildman–Crippen MR) is 86.8 cm³/mol. The summed E-state index contributed by atoms with van der Waals surface area (Å²) in [5.74, 6) is -2.71. The highest BCUT2D eigenvalue weighted by Gasteiger charge is 2.42. The summed E-state index contributed by atoms with van der Waals surface area (Å²) in [7, 11) is -4.16. The molecule has 0 saturated carbocycles. The third-order valence-electron chi connectivity index (χ3n) is 4.46. The summed E-state index contributed by atoms with van der Waals surface area (Å²) in [5, 5.41) is 13.6. The zero-order valence-corrected chi connectivity index (χ0v) is 14.6. The average Bonchev–Trinajstić information content (AvgIpc) is 3.27. The van der Waals surface area contributed by atoms with Gasteiger partial charge in [0.15, 0.2) is 0 Å². The van der Waals surface area contributed by atoms with E-state index >= 15 is 0 Å². The second-order valence-corrected chi connectivity index (χ2v) is 8.01. The van der Waals surface area contributed by atoms with Crippen LogP contribution in [0.15, 0.2) is 21.6 Å². The average molecular weight is 385 g/mol. The van der Waals surface area contributed by atoms with E-state index < -0.39 is 44.8 Å². The van der Waals surface area contributed by atoms with Crippen LogP contribution in [0.2, 0.25) is 0 Å². The molecule has 3 rings (SSSR count). The summed E-state index contributed by atoms with van der Waals surface area (Å²) >= 11 is 0. The molecule has 2 aliphatic heterocycles. The highest BCUT2D eigenvalue weighted by molar-refractivity contribution is 7.89. The second-order valence-electron chi connectivity index (χ2n) is 6.19. The van der Waals surface area contributed by atoms with Gasteiger partial charge >= 0.3 is 5.97 Å². The molecule has 3 N–H and O–H groups in total. The zero-order chi connectivity index (χ0) is 18.9. The smallest absolute Gasteiger partial charge is 0.371 e. The van der Waals surface area contributed by atoms with Crippen LogP contribution in [0.4, 0.5) is 0 Å². The number of furan rings is 1. The van der Waals surface area contributed by atoms with E-state index in [9.17, 15) is 22.8 Å². The van der Waals surface area contributed by atoms with Gasteiger partial charge < -0.3 is 20.2 Å². The fourth-order valence-corrected chi connectivity index (χ4v) is 4.73. The van der Waals surface area contributed by atoms with Gasteiger partial charge in [0.2, 0.25) is 22.7 Å². The summed E-state index contributed by atoms with van der Waals surface area (Å²) < 4.78 is 31.3. The third kappa shape index (κ3) is 3.44. The number of amides is 2. The summed E-state index contributed by atoms with van der Waals surface area (Å²) in [5.41, 5.74) is 0. The van der Waals surface area contributed by atoms with Gasteiger partial charge in [0, 0.05) is 13.1 Å². The van der Waals surface area contributed by atoms with Crippen molar-refractivity contribution in [2.45, 2.75) is 42.9 Å². The first-order chi connectivity index (χ1) is 12.3. The minimum Gasteiger partial charge on any atom is -0.475 e. The maximum absolute atomic E-state index is 12.7. The first-order valence-electron chi connectivity index (χ1n) is 8.24. The molecule has 0 bridgehead atoms. The van der Waals surface area contributed by atoms with Crippen molar-refractivity contribution in [2.24, 2.45) is 0 Å². The van der Waals surface area contributed by atoms with Crippen LogP contribution in [0.1, 0.15) is 36.2 Å². The van der Waals surface area contributed by atoms with Gasteiger partial charge in [0.25, 0.3) is 10.0 Å². The first kappa shape index (κ1) is 18.4. The number of sulfonamides is 1. The Hall–Kier alpha value is -2.40. The van der Waals surface area contributed by atoms with E-state index in [4.69, 9.17) is 9.52 Å². The number of aromatic carboxylic acids is 1. The maximum atomic E-state index is 12.7. The number of carboxylic acid groups (broad SMARTS) is 1. The van der Waals surface area contributed by atoms with Gasteiger partial charge in [-0.25, -0.2) is 13.2 Å². The molecular formula is C15H19N3O7S. The van der Waals surface area contributed by atoms with E-state index in [1.165, 1.54) is 0 Å².